The number of nitrogens with one attached hydrogen (secondary N) is 1. The van der Waals surface area contributed by atoms with Crippen LogP contribution in [0.4, 0.5) is 0 Å². The van der Waals surface area contributed by atoms with Crippen molar-refractivity contribution in [2.75, 3.05) is 7.11 Å². The molecule has 3 nitrogen and oxygen atoms in total. The molecule has 0 fully saturated rings. The zero-order valence-corrected chi connectivity index (χ0v) is 17.4. The van der Waals surface area contributed by atoms with Gasteiger partial charge in [-0.2, -0.15) is 0 Å². The first-order chi connectivity index (χ1) is 13.2. The van der Waals surface area contributed by atoms with E-state index < -0.39 is 0 Å². The number of hydrogen-bond acceptors (Lipinski definition) is 3. The Kier molecular flexibility index (Phi) is 6.50. The van der Waals surface area contributed by atoms with Crippen molar-refractivity contribution in [2.24, 2.45) is 4.99 Å². The van der Waals surface area contributed by atoms with Crippen LogP contribution in [0.2, 0.25) is 10.0 Å². The second kappa shape index (κ2) is 8.87. The molecule has 28 heavy (non-hydrogen) atoms. The van der Waals surface area contributed by atoms with Crippen LogP contribution in [0.15, 0.2) is 77.8 Å². The van der Waals surface area contributed by atoms with Gasteiger partial charge in [0.05, 0.1) is 18.7 Å². The summed E-state index contributed by atoms with van der Waals surface area (Å²) in [4.78, 5) is 5.00. The van der Waals surface area contributed by atoms with Gasteiger partial charge >= 0.3 is 0 Å². The van der Waals surface area contributed by atoms with Gasteiger partial charge in [-0.05, 0) is 47.5 Å². The van der Waals surface area contributed by atoms with Crippen molar-refractivity contribution in [3.8, 4) is 5.75 Å². The lowest BCUT2D eigenvalue weighted by Gasteiger charge is -2.20. The van der Waals surface area contributed by atoms with E-state index in [1.165, 1.54) is 0 Å². The molecule has 0 saturated carbocycles. The maximum absolute atomic E-state index is 6.07. The molecule has 1 aliphatic heterocycles. The maximum atomic E-state index is 6.07. The average Bonchev–Trinajstić information content (AvgIpc) is 3.14. The third-order valence-electron chi connectivity index (χ3n) is 4.68. The van der Waals surface area contributed by atoms with Crippen molar-refractivity contribution in [3.63, 3.8) is 0 Å². The molecule has 144 valence electrons. The molecule has 6 heteroatoms. The largest absolute Gasteiger partial charge is 0.496 e. The van der Waals surface area contributed by atoms with Gasteiger partial charge in [0.25, 0.3) is 0 Å². The smallest absolute Gasteiger partial charge is 0.133 e. The fourth-order valence-corrected chi connectivity index (χ4v) is 3.58. The number of para-hydroxylation sites is 1. The summed E-state index contributed by atoms with van der Waals surface area (Å²) in [5, 5.41) is 5.00. The number of methoxy groups -OCH3 is 1. The Morgan fingerprint density at radius 2 is 1.39 bits per heavy atom. The van der Waals surface area contributed by atoms with Crippen molar-refractivity contribution < 1.29 is 4.74 Å². The van der Waals surface area contributed by atoms with Crippen LogP contribution in [0.25, 0.3) is 0 Å². The average molecular weight is 434 g/mol. The standard InChI is InChI=1S/C22H18Cl2N2O.ClH/c1-27-19-5-3-2-4-18(19)22-25-20(14-6-10-16(23)11-7-14)21(26-22)15-8-12-17(24)13-9-15;/h2-13,20-21H,1H3,(H,25,26);1H. The van der Waals surface area contributed by atoms with E-state index in [2.05, 4.69) is 5.32 Å². The van der Waals surface area contributed by atoms with Gasteiger partial charge in [0.2, 0.25) is 0 Å². The first-order valence-corrected chi connectivity index (χ1v) is 9.40. The van der Waals surface area contributed by atoms with Crippen molar-refractivity contribution in [3.05, 3.63) is 99.5 Å². The number of benzene rings is 3. The topological polar surface area (TPSA) is 33.6 Å². The van der Waals surface area contributed by atoms with E-state index in [9.17, 15) is 0 Å². The van der Waals surface area contributed by atoms with Crippen LogP contribution in [0.3, 0.4) is 0 Å². The summed E-state index contributed by atoms with van der Waals surface area (Å²) < 4.78 is 5.52. The monoisotopic (exact) mass is 432 g/mol. The van der Waals surface area contributed by atoms with Crippen LogP contribution in [0.1, 0.15) is 28.8 Å². The van der Waals surface area contributed by atoms with Crippen LogP contribution < -0.4 is 10.1 Å². The Balaban J connectivity index is 0.00000225. The molecule has 2 unspecified atom stereocenters. The predicted molar refractivity (Wildman–Crippen MR) is 118 cm³/mol. The first kappa shape index (κ1) is 20.5. The SMILES string of the molecule is COc1ccccc1C1=NC(c2ccc(Cl)cc2)C(c2ccc(Cl)cc2)N1.Cl. The lowest BCUT2D eigenvalue weighted by Crippen LogP contribution is -2.25. The molecule has 0 aliphatic carbocycles. The molecule has 1 aliphatic rings. The highest BCUT2D eigenvalue weighted by molar-refractivity contribution is 6.30. The normalized spacial score (nSPS) is 18.0. The molecule has 0 aromatic heterocycles. The first-order valence-electron chi connectivity index (χ1n) is 8.64. The second-order valence-corrected chi connectivity index (χ2v) is 7.22. The Morgan fingerprint density at radius 1 is 0.821 bits per heavy atom. The number of aliphatic imine (C=N–C) groups is 1. The highest BCUT2D eigenvalue weighted by Gasteiger charge is 2.32. The minimum atomic E-state index is -0.0802. The summed E-state index contributed by atoms with van der Waals surface area (Å²) in [5.41, 5.74) is 3.15. The molecule has 0 bridgehead atoms. The highest BCUT2D eigenvalue weighted by Crippen LogP contribution is 2.38. The lowest BCUT2D eigenvalue weighted by atomic mass is 9.95. The predicted octanol–water partition coefficient (Wildman–Crippen LogP) is 6.26. The summed E-state index contributed by atoms with van der Waals surface area (Å²) in [7, 11) is 1.67. The summed E-state index contributed by atoms with van der Waals surface area (Å²) in [6.07, 6.45) is 0. The van der Waals surface area contributed by atoms with Crippen LogP contribution in [-0.2, 0) is 0 Å². The fraction of sp³-hybridized carbons (Fsp3) is 0.136. The Bertz CT molecular complexity index is 972. The van der Waals surface area contributed by atoms with E-state index in [4.69, 9.17) is 32.9 Å². The van der Waals surface area contributed by atoms with E-state index >= 15 is 0 Å². The third kappa shape index (κ3) is 4.12. The molecule has 4 rings (SSSR count). The van der Waals surface area contributed by atoms with Gasteiger partial charge in [-0.3, -0.25) is 4.99 Å². The van der Waals surface area contributed by atoms with Gasteiger partial charge in [0.15, 0.2) is 0 Å². The number of hydrogen-bond donors (Lipinski definition) is 1. The number of ether oxygens (including phenoxy) is 1. The van der Waals surface area contributed by atoms with E-state index in [0.717, 1.165) is 28.3 Å². The van der Waals surface area contributed by atoms with Gasteiger partial charge in [-0.1, -0.05) is 59.6 Å². The molecule has 0 radical (unpaired) electrons. The molecular formula is C22H19Cl3N2O. The number of rotatable bonds is 4. The molecule has 1 N–H and O–H groups in total. The van der Waals surface area contributed by atoms with Crippen molar-refractivity contribution in [1.82, 2.24) is 5.32 Å². The molecule has 0 amide bonds. The molecule has 0 spiro atoms. The van der Waals surface area contributed by atoms with Crippen LogP contribution in [0.5, 0.6) is 5.75 Å². The van der Waals surface area contributed by atoms with Crippen LogP contribution >= 0.6 is 35.6 Å². The molecule has 2 atom stereocenters. The molecule has 3 aromatic rings. The lowest BCUT2D eigenvalue weighted by molar-refractivity contribution is 0.413. The minimum absolute atomic E-state index is 0. The zero-order valence-electron chi connectivity index (χ0n) is 15.1. The van der Waals surface area contributed by atoms with Crippen molar-refractivity contribution in [2.45, 2.75) is 12.1 Å². The van der Waals surface area contributed by atoms with E-state index in [1.54, 1.807) is 7.11 Å². The van der Waals surface area contributed by atoms with Crippen molar-refractivity contribution in [1.29, 1.82) is 0 Å². The van der Waals surface area contributed by atoms with E-state index in [-0.39, 0.29) is 24.5 Å². The Labute approximate surface area is 180 Å². The Hall–Kier alpha value is -2.20. The van der Waals surface area contributed by atoms with Gasteiger partial charge in [0, 0.05) is 10.0 Å². The number of amidine groups is 1. The van der Waals surface area contributed by atoms with E-state index in [0.29, 0.717) is 10.0 Å². The zero-order chi connectivity index (χ0) is 18.8. The second-order valence-electron chi connectivity index (χ2n) is 6.35. The molecule has 0 saturated heterocycles. The third-order valence-corrected chi connectivity index (χ3v) is 5.18. The van der Waals surface area contributed by atoms with Gasteiger partial charge in [-0.25, -0.2) is 0 Å². The van der Waals surface area contributed by atoms with E-state index in [1.807, 2.05) is 72.8 Å². The van der Waals surface area contributed by atoms with Crippen LogP contribution in [-0.4, -0.2) is 12.9 Å². The Morgan fingerprint density at radius 3 is 2.00 bits per heavy atom. The fourth-order valence-electron chi connectivity index (χ4n) is 3.33. The summed E-state index contributed by atoms with van der Waals surface area (Å²) in [6, 6.07) is 23.5. The number of halogens is 3. The van der Waals surface area contributed by atoms with Gasteiger partial charge in [0.1, 0.15) is 17.6 Å². The summed E-state index contributed by atoms with van der Waals surface area (Å²) >= 11 is 12.1. The van der Waals surface area contributed by atoms with Crippen LogP contribution in [0, 0.1) is 0 Å². The molecule has 3 aromatic carbocycles. The summed E-state index contributed by atoms with van der Waals surface area (Å²) in [5.74, 6) is 1.60. The van der Waals surface area contributed by atoms with Gasteiger partial charge in [-0.15, -0.1) is 12.4 Å². The maximum Gasteiger partial charge on any atom is 0.133 e. The highest BCUT2D eigenvalue weighted by atomic mass is 35.5. The number of nitrogens with zero attached hydrogens (tertiary/aromatic N) is 1. The molecule has 1 heterocycles. The van der Waals surface area contributed by atoms with Gasteiger partial charge < -0.3 is 10.1 Å². The quantitative estimate of drug-likeness (QED) is 0.527. The summed E-state index contributed by atoms with van der Waals surface area (Å²) in [6.45, 7) is 0. The minimum Gasteiger partial charge on any atom is -0.496 e. The molecular weight excluding hydrogens is 415 g/mol. The van der Waals surface area contributed by atoms with Crippen molar-refractivity contribution >= 4 is 41.4 Å².